The molecule has 0 unspecified atom stereocenters. The van der Waals surface area contributed by atoms with E-state index < -0.39 is 0 Å². The van der Waals surface area contributed by atoms with Gasteiger partial charge in [0.15, 0.2) is 0 Å². The van der Waals surface area contributed by atoms with Gasteiger partial charge in [-0.05, 0) is 30.3 Å². The molecule has 0 fully saturated rings. The average Bonchev–Trinajstić information content (AvgIpc) is 3.18. The van der Waals surface area contributed by atoms with Crippen molar-refractivity contribution < 1.29 is 9.53 Å². The van der Waals surface area contributed by atoms with E-state index in [2.05, 4.69) is 4.98 Å². The zero-order valence-electron chi connectivity index (χ0n) is 10.9. The van der Waals surface area contributed by atoms with Crippen LogP contribution in [0.3, 0.4) is 0 Å². The lowest BCUT2D eigenvalue weighted by molar-refractivity contribution is 0.0600. The third kappa shape index (κ3) is 2.09. The highest BCUT2D eigenvalue weighted by atomic mass is 16.5. The van der Waals surface area contributed by atoms with Crippen LogP contribution in [0.4, 0.5) is 0 Å². The van der Waals surface area contributed by atoms with E-state index in [1.807, 2.05) is 45.9 Å². The van der Waals surface area contributed by atoms with Gasteiger partial charge in [-0.25, -0.2) is 9.78 Å². The summed E-state index contributed by atoms with van der Waals surface area (Å²) in [4.78, 5) is 15.7. The summed E-state index contributed by atoms with van der Waals surface area (Å²) in [6.45, 7) is 0. The van der Waals surface area contributed by atoms with E-state index in [4.69, 9.17) is 4.74 Å². The van der Waals surface area contributed by atoms with E-state index in [0.29, 0.717) is 5.56 Å². The van der Waals surface area contributed by atoms with Crippen molar-refractivity contribution in [1.29, 1.82) is 0 Å². The van der Waals surface area contributed by atoms with Crippen LogP contribution in [-0.2, 0) is 4.74 Å². The van der Waals surface area contributed by atoms with E-state index >= 15 is 0 Å². The number of aromatic nitrogens is 3. The maximum atomic E-state index is 11.7. The summed E-state index contributed by atoms with van der Waals surface area (Å²) in [6.07, 6.45) is 9.15. The Bertz CT molecular complexity index is 716. The molecule has 0 aliphatic rings. The highest BCUT2D eigenvalue weighted by Crippen LogP contribution is 2.21. The second-order valence-electron chi connectivity index (χ2n) is 4.26. The lowest BCUT2D eigenvalue weighted by Crippen LogP contribution is -2.06. The van der Waals surface area contributed by atoms with Crippen molar-refractivity contribution in [2.45, 2.75) is 0 Å². The monoisotopic (exact) mass is 267 g/mol. The molecule has 1 aromatic carbocycles. The number of carbonyl (C=O) groups excluding carboxylic acids is 1. The lowest BCUT2D eigenvalue weighted by atomic mass is 10.1. The first kappa shape index (κ1) is 12.2. The SMILES string of the molecule is COC(=O)c1ccc(-n2ccnc2)c(-n2cccc2)c1. The lowest BCUT2D eigenvalue weighted by Gasteiger charge is -2.12. The molecule has 20 heavy (non-hydrogen) atoms. The molecule has 0 aliphatic carbocycles. The summed E-state index contributed by atoms with van der Waals surface area (Å²) in [5.74, 6) is -0.351. The fourth-order valence-corrected chi connectivity index (χ4v) is 2.09. The number of hydrogen-bond acceptors (Lipinski definition) is 3. The van der Waals surface area contributed by atoms with Gasteiger partial charge in [-0.3, -0.25) is 0 Å². The van der Waals surface area contributed by atoms with Crippen molar-refractivity contribution in [3.8, 4) is 11.4 Å². The third-order valence-electron chi connectivity index (χ3n) is 3.06. The van der Waals surface area contributed by atoms with Crippen LogP contribution in [0.5, 0.6) is 0 Å². The van der Waals surface area contributed by atoms with Crippen LogP contribution in [0.15, 0.2) is 61.4 Å². The molecule has 0 N–H and O–H groups in total. The maximum absolute atomic E-state index is 11.7. The Morgan fingerprint density at radius 1 is 1.10 bits per heavy atom. The summed E-state index contributed by atoms with van der Waals surface area (Å²) in [6, 6.07) is 9.30. The van der Waals surface area contributed by atoms with Gasteiger partial charge in [0.25, 0.3) is 0 Å². The van der Waals surface area contributed by atoms with Gasteiger partial charge in [-0.15, -0.1) is 0 Å². The number of ether oxygens (including phenoxy) is 1. The third-order valence-corrected chi connectivity index (χ3v) is 3.06. The highest BCUT2D eigenvalue weighted by Gasteiger charge is 2.11. The molecule has 3 aromatic rings. The van der Waals surface area contributed by atoms with Crippen molar-refractivity contribution in [3.63, 3.8) is 0 Å². The van der Waals surface area contributed by atoms with Crippen LogP contribution in [0.25, 0.3) is 11.4 Å². The number of hydrogen-bond donors (Lipinski definition) is 0. The van der Waals surface area contributed by atoms with E-state index in [1.165, 1.54) is 7.11 Å². The fourth-order valence-electron chi connectivity index (χ4n) is 2.09. The molecule has 5 heteroatoms. The zero-order valence-corrected chi connectivity index (χ0v) is 10.9. The second-order valence-corrected chi connectivity index (χ2v) is 4.26. The number of nitrogens with zero attached hydrogens (tertiary/aromatic N) is 3. The Morgan fingerprint density at radius 3 is 2.55 bits per heavy atom. The molecule has 0 spiro atoms. The van der Waals surface area contributed by atoms with Crippen LogP contribution < -0.4 is 0 Å². The van der Waals surface area contributed by atoms with Crippen molar-refractivity contribution in [3.05, 3.63) is 67.0 Å². The first-order valence-corrected chi connectivity index (χ1v) is 6.13. The van der Waals surface area contributed by atoms with E-state index in [-0.39, 0.29) is 5.97 Å². The number of rotatable bonds is 3. The largest absolute Gasteiger partial charge is 0.465 e. The van der Waals surface area contributed by atoms with Gasteiger partial charge in [-0.1, -0.05) is 0 Å². The summed E-state index contributed by atoms with van der Waals surface area (Å²) in [5.41, 5.74) is 2.34. The molecule has 2 aromatic heterocycles. The Hall–Kier alpha value is -2.82. The van der Waals surface area contributed by atoms with Gasteiger partial charge in [0.1, 0.15) is 0 Å². The molecule has 0 radical (unpaired) electrons. The van der Waals surface area contributed by atoms with E-state index in [9.17, 15) is 4.79 Å². The molecular formula is C15H13N3O2. The number of carbonyl (C=O) groups is 1. The molecule has 2 heterocycles. The molecule has 0 aliphatic heterocycles. The van der Waals surface area contributed by atoms with Gasteiger partial charge in [0, 0.05) is 24.8 Å². The summed E-state index contributed by atoms with van der Waals surface area (Å²) in [7, 11) is 1.38. The summed E-state index contributed by atoms with van der Waals surface area (Å²) < 4.78 is 8.62. The minimum atomic E-state index is -0.351. The van der Waals surface area contributed by atoms with E-state index in [0.717, 1.165) is 11.4 Å². The first-order valence-electron chi connectivity index (χ1n) is 6.13. The van der Waals surface area contributed by atoms with Crippen LogP contribution >= 0.6 is 0 Å². The quantitative estimate of drug-likeness (QED) is 0.685. The van der Waals surface area contributed by atoms with Gasteiger partial charge >= 0.3 is 5.97 Å². The minimum Gasteiger partial charge on any atom is -0.465 e. The first-order chi connectivity index (χ1) is 9.79. The Kier molecular flexibility index (Phi) is 3.09. The minimum absolute atomic E-state index is 0.351. The normalized spacial score (nSPS) is 10.4. The topological polar surface area (TPSA) is 49.1 Å². The standard InChI is InChI=1S/C15H13N3O2/c1-20-15(19)12-4-5-13(18-9-6-16-11-18)14(10-12)17-7-2-3-8-17/h2-11H,1H3. The van der Waals surface area contributed by atoms with Gasteiger partial charge in [0.05, 0.1) is 30.4 Å². The highest BCUT2D eigenvalue weighted by molar-refractivity contribution is 5.90. The van der Waals surface area contributed by atoms with Crippen LogP contribution in [0.1, 0.15) is 10.4 Å². The van der Waals surface area contributed by atoms with Crippen molar-refractivity contribution in [2.24, 2.45) is 0 Å². The van der Waals surface area contributed by atoms with Crippen LogP contribution in [-0.4, -0.2) is 27.2 Å². The summed E-state index contributed by atoms with van der Waals surface area (Å²) >= 11 is 0. The number of benzene rings is 1. The molecule has 0 saturated heterocycles. The van der Waals surface area contributed by atoms with Crippen molar-refractivity contribution in [2.75, 3.05) is 7.11 Å². The smallest absolute Gasteiger partial charge is 0.337 e. The predicted molar refractivity (Wildman–Crippen MR) is 74.2 cm³/mol. The average molecular weight is 267 g/mol. The predicted octanol–water partition coefficient (Wildman–Crippen LogP) is 2.45. The molecule has 5 nitrogen and oxygen atoms in total. The van der Waals surface area contributed by atoms with Gasteiger partial charge in [0.2, 0.25) is 0 Å². The molecule has 0 amide bonds. The molecular weight excluding hydrogens is 254 g/mol. The number of methoxy groups -OCH3 is 1. The molecule has 3 rings (SSSR count). The van der Waals surface area contributed by atoms with Crippen molar-refractivity contribution >= 4 is 5.97 Å². The maximum Gasteiger partial charge on any atom is 0.337 e. The van der Waals surface area contributed by atoms with E-state index in [1.54, 1.807) is 24.7 Å². The van der Waals surface area contributed by atoms with Crippen LogP contribution in [0.2, 0.25) is 0 Å². The zero-order chi connectivity index (χ0) is 13.9. The molecule has 0 saturated carbocycles. The molecule has 0 atom stereocenters. The Balaban J connectivity index is 2.18. The van der Waals surface area contributed by atoms with Gasteiger partial charge < -0.3 is 13.9 Å². The van der Waals surface area contributed by atoms with Gasteiger partial charge in [-0.2, -0.15) is 0 Å². The molecule has 0 bridgehead atoms. The number of imidazole rings is 1. The Labute approximate surface area is 116 Å². The molecule has 100 valence electrons. The fraction of sp³-hybridized carbons (Fsp3) is 0.0667. The van der Waals surface area contributed by atoms with Crippen molar-refractivity contribution in [1.82, 2.24) is 14.1 Å². The van der Waals surface area contributed by atoms with Crippen LogP contribution in [0, 0.1) is 0 Å². The number of esters is 1. The second kappa shape index (κ2) is 5.05. The summed E-state index contributed by atoms with van der Waals surface area (Å²) in [5, 5.41) is 0. The Morgan fingerprint density at radius 2 is 1.90 bits per heavy atom.